The first-order valence-corrected chi connectivity index (χ1v) is 7.77. The number of hydrogen-bond donors (Lipinski definition) is 1. The van der Waals surface area contributed by atoms with Crippen LogP contribution < -0.4 is 4.74 Å². The minimum Gasteiger partial charge on any atom is -0.497 e. The molecule has 0 aliphatic heterocycles. The molecule has 1 N–H and O–H groups in total. The van der Waals surface area contributed by atoms with Crippen molar-refractivity contribution in [1.29, 1.82) is 0 Å². The van der Waals surface area contributed by atoms with Crippen LogP contribution in [0.15, 0.2) is 65.9 Å². The van der Waals surface area contributed by atoms with Crippen molar-refractivity contribution in [2.45, 2.75) is 6.92 Å². The van der Waals surface area contributed by atoms with Crippen molar-refractivity contribution in [3.63, 3.8) is 0 Å². The maximum Gasteiger partial charge on any atom is 0.335 e. The molecule has 1 heterocycles. The van der Waals surface area contributed by atoms with Gasteiger partial charge >= 0.3 is 5.97 Å². The number of ether oxygens (including phenoxy) is 1. The number of carbonyl (C=O) groups is 1. The standard InChI is InChI=1S/C20H18N2O3/c1-14-11-16(20(23)24)3-8-19(14)21-12-15-9-10-22(13-15)17-4-6-18(25-2)7-5-17/h3-13H,1-2H3,(H,23,24). The van der Waals surface area contributed by atoms with E-state index in [1.54, 1.807) is 31.5 Å². The van der Waals surface area contributed by atoms with Crippen molar-refractivity contribution in [2.24, 2.45) is 4.99 Å². The van der Waals surface area contributed by atoms with Gasteiger partial charge in [0.25, 0.3) is 0 Å². The van der Waals surface area contributed by atoms with Crippen molar-refractivity contribution >= 4 is 17.9 Å². The maximum atomic E-state index is 11.0. The van der Waals surface area contributed by atoms with Gasteiger partial charge in [-0.1, -0.05) is 0 Å². The van der Waals surface area contributed by atoms with E-state index in [0.717, 1.165) is 28.3 Å². The molecule has 3 aromatic rings. The summed E-state index contributed by atoms with van der Waals surface area (Å²) < 4.78 is 7.17. The molecule has 0 fully saturated rings. The summed E-state index contributed by atoms with van der Waals surface area (Å²) in [5.74, 6) is -0.117. The molecule has 126 valence electrons. The molecule has 0 atom stereocenters. The van der Waals surface area contributed by atoms with Gasteiger partial charge in [0.2, 0.25) is 0 Å². The summed E-state index contributed by atoms with van der Waals surface area (Å²) in [6.07, 6.45) is 5.71. The molecule has 25 heavy (non-hydrogen) atoms. The number of benzene rings is 2. The Kier molecular flexibility index (Phi) is 4.66. The van der Waals surface area contributed by atoms with Crippen molar-refractivity contribution in [3.8, 4) is 11.4 Å². The second kappa shape index (κ2) is 7.05. The molecule has 0 unspecified atom stereocenters. The molecule has 0 spiro atoms. The van der Waals surface area contributed by atoms with Crippen LogP contribution in [0.25, 0.3) is 5.69 Å². The van der Waals surface area contributed by atoms with Crippen molar-refractivity contribution in [2.75, 3.05) is 7.11 Å². The monoisotopic (exact) mass is 334 g/mol. The Morgan fingerprint density at radius 3 is 2.56 bits per heavy atom. The number of carboxylic acids is 1. The van der Waals surface area contributed by atoms with E-state index in [1.807, 2.05) is 54.2 Å². The molecule has 3 rings (SSSR count). The molecule has 0 saturated heterocycles. The van der Waals surface area contributed by atoms with E-state index in [4.69, 9.17) is 9.84 Å². The topological polar surface area (TPSA) is 63.8 Å². The van der Waals surface area contributed by atoms with Gasteiger partial charge in [-0.15, -0.1) is 0 Å². The average Bonchev–Trinajstić information content (AvgIpc) is 3.09. The average molecular weight is 334 g/mol. The van der Waals surface area contributed by atoms with Crippen LogP contribution in [0.1, 0.15) is 21.5 Å². The van der Waals surface area contributed by atoms with Crippen LogP contribution in [-0.4, -0.2) is 29.0 Å². The number of methoxy groups -OCH3 is 1. The van der Waals surface area contributed by atoms with Crippen molar-refractivity contribution < 1.29 is 14.6 Å². The predicted octanol–water partition coefficient (Wildman–Crippen LogP) is 4.24. The lowest BCUT2D eigenvalue weighted by atomic mass is 10.1. The summed E-state index contributed by atoms with van der Waals surface area (Å²) in [7, 11) is 1.64. The number of nitrogens with zero attached hydrogens (tertiary/aromatic N) is 2. The first kappa shape index (κ1) is 16.5. The van der Waals surface area contributed by atoms with Crippen LogP contribution in [0.3, 0.4) is 0 Å². The zero-order valence-electron chi connectivity index (χ0n) is 14.0. The highest BCUT2D eigenvalue weighted by Crippen LogP contribution is 2.20. The summed E-state index contributed by atoms with van der Waals surface area (Å²) in [5, 5.41) is 9.00. The second-order valence-corrected chi connectivity index (χ2v) is 5.61. The van der Waals surface area contributed by atoms with Gasteiger partial charge in [0.15, 0.2) is 0 Å². The molecule has 5 heteroatoms. The number of rotatable bonds is 5. The first-order valence-electron chi connectivity index (χ1n) is 7.77. The molecule has 1 aromatic heterocycles. The molecular formula is C20H18N2O3. The number of aromatic nitrogens is 1. The van der Waals surface area contributed by atoms with Gasteiger partial charge in [-0.25, -0.2) is 4.79 Å². The number of aliphatic imine (C=N–C) groups is 1. The SMILES string of the molecule is COc1ccc(-n2ccc(C=Nc3ccc(C(=O)O)cc3C)c2)cc1. The molecule has 0 amide bonds. The molecule has 0 radical (unpaired) electrons. The highest BCUT2D eigenvalue weighted by molar-refractivity contribution is 5.89. The van der Waals surface area contributed by atoms with E-state index in [-0.39, 0.29) is 5.56 Å². The summed E-state index contributed by atoms with van der Waals surface area (Å²) >= 11 is 0. The van der Waals surface area contributed by atoms with Gasteiger partial charge in [-0.2, -0.15) is 0 Å². The number of aromatic carboxylic acids is 1. The third-order valence-corrected chi connectivity index (χ3v) is 3.88. The smallest absolute Gasteiger partial charge is 0.335 e. The van der Waals surface area contributed by atoms with Crippen LogP contribution in [0.5, 0.6) is 5.75 Å². The molecular weight excluding hydrogens is 316 g/mol. The van der Waals surface area contributed by atoms with E-state index in [2.05, 4.69) is 4.99 Å². The lowest BCUT2D eigenvalue weighted by molar-refractivity contribution is 0.0697. The Morgan fingerprint density at radius 1 is 1.16 bits per heavy atom. The van der Waals surface area contributed by atoms with Crippen molar-refractivity contribution in [1.82, 2.24) is 4.57 Å². The van der Waals surface area contributed by atoms with Gasteiger partial charge in [-0.05, 0) is 61.0 Å². The molecule has 0 saturated carbocycles. The van der Waals surface area contributed by atoms with Crippen LogP contribution in [0.2, 0.25) is 0 Å². The summed E-state index contributed by atoms with van der Waals surface area (Å²) in [4.78, 5) is 15.4. The molecule has 0 aliphatic rings. The molecule has 2 aromatic carbocycles. The minimum atomic E-state index is -0.935. The van der Waals surface area contributed by atoms with E-state index in [9.17, 15) is 4.79 Å². The Bertz CT molecular complexity index is 924. The third-order valence-electron chi connectivity index (χ3n) is 3.88. The summed E-state index contributed by atoms with van der Waals surface area (Å²) in [6.45, 7) is 1.85. The zero-order valence-corrected chi connectivity index (χ0v) is 14.0. The number of hydrogen-bond acceptors (Lipinski definition) is 3. The van der Waals surface area contributed by atoms with Gasteiger partial charge < -0.3 is 14.4 Å². The van der Waals surface area contributed by atoms with E-state index in [0.29, 0.717) is 0 Å². The fourth-order valence-corrected chi connectivity index (χ4v) is 2.48. The van der Waals surface area contributed by atoms with Crippen LogP contribution in [0, 0.1) is 6.92 Å². The van der Waals surface area contributed by atoms with Crippen molar-refractivity contribution in [3.05, 3.63) is 77.6 Å². The van der Waals surface area contributed by atoms with Gasteiger partial charge in [0.1, 0.15) is 5.75 Å². The molecule has 0 aliphatic carbocycles. The molecule has 5 nitrogen and oxygen atoms in total. The fourth-order valence-electron chi connectivity index (χ4n) is 2.48. The largest absolute Gasteiger partial charge is 0.497 e. The van der Waals surface area contributed by atoms with Crippen LogP contribution in [-0.2, 0) is 0 Å². The normalized spacial score (nSPS) is 11.0. The van der Waals surface area contributed by atoms with Gasteiger partial charge in [0.05, 0.1) is 18.4 Å². The second-order valence-electron chi connectivity index (χ2n) is 5.61. The Balaban J connectivity index is 1.78. The lowest BCUT2D eigenvalue weighted by Gasteiger charge is -2.04. The van der Waals surface area contributed by atoms with Gasteiger partial charge in [-0.3, -0.25) is 4.99 Å². The fraction of sp³-hybridized carbons (Fsp3) is 0.100. The summed E-state index contributed by atoms with van der Waals surface area (Å²) in [6, 6.07) is 14.7. The number of carboxylic acid groups (broad SMARTS) is 1. The van der Waals surface area contributed by atoms with E-state index >= 15 is 0 Å². The van der Waals surface area contributed by atoms with E-state index < -0.39 is 5.97 Å². The molecule has 0 bridgehead atoms. The van der Waals surface area contributed by atoms with Gasteiger partial charge in [0, 0.05) is 29.9 Å². The minimum absolute atomic E-state index is 0.266. The Labute approximate surface area is 145 Å². The zero-order chi connectivity index (χ0) is 17.8. The third kappa shape index (κ3) is 3.77. The van der Waals surface area contributed by atoms with E-state index in [1.165, 1.54) is 0 Å². The number of aryl methyl sites for hydroxylation is 1. The van der Waals surface area contributed by atoms with Crippen LogP contribution >= 0.6 is 0 Å². The van der Waals surface area contributed by atoms with Crippen LogP contribution in [0.4, 0.5) is 5.69 Å². The lowest BCUT2D eigenvalue weighted by Crippen LogP contribution is -1.95. The Hall–Kier alpha value is -3.34. The quantitative estimate of drug-likeness (QED) is 0.710. The highest BCUT2D eigenvalue weighted by Gasteiger charge is 2.05. The summed E-state index contributed by atoms with van der Waals surface area (Å²) in [5.41, 5.74) is 3.83. The Morgan fingerprint density at radius 2 is 1.92 bits per heavy atom. The first-order chi connectivity index (χ1) is 12.1. The highest BCUT2D eigenvalue weighted by atomic mass is 16.5. The maximum absolute atomic E-state index is 11.0. The predicted molar refractivity (Wildman–Crippen MR) is 97.7 cm³/mol.